The van der Waals surface area contributed by atoms with Crippen LogP contribution >= 0.6 is 0 Å². The van der Waals surface area contributed by atoms with E-state index in [0.29, 0.717) is 19.5 Å². The van der Waals surface area contributed by atoms with Gasteiger partial charge in [-0.15, -0.1) is 0 Å². The minimum absolute atomic E-state index is 0.0306. The fraction of sp³-hybridized carbons (Fsp3) is 0.846. The van der Waals surface area contributed by atoms with Gasteiger partial charge in [-0.2, -0.15) is 0 Å². The van der Waals surface area contributed by atoms with Crippen LogP contribution < -0.4 is 5.32 Å². The van der Waals surface area contributed by atoms with E-state index < -0.39 is 0 Å². The van der Waals surface area contributed by atoms with Crippen molar-refractivity contribution in [3.05, 3.63) is 0 Å². The summed E-state index contributed by atoms with van der Waals surface area (Å²) < 4.78 is 4.77. The molecule has 0 aliphatic carbocycles. The minimum Gasteiger partial charge on any atom is -0.469 e. The number of carbonyl (C=O) groups excluding carboxylic acids is 2. The Morgan fingerprint density at radius 2 is 2.17 bits per heavy atom. The first-order valence-electron chi connectivity index (χ1n) is 6.62. The molecular formula is C13H24N2O3. The second-order valence-electron chi connectivity index (χ2n) is 5.14. The highest BCUT2D eigenvalue weighted by Gasteiger charge is 2.26. The predicted octanol–water partition coefficient (Wildman–Crippen LogP) is 0.786. The minimum atomic E-state index is -0.133. The van der Waals surface area contributed by atoms with Crippen LogP contribution in [0, 0.1) is 5.92 Å². The molecule has 18 heavy (non-hydrogen) atoms. The van der Waals surface area contributed by atoms with Crippen LogP contribution in [-0.4, -0.2) is 49.6 Å². The number of piperidine rings is 1. The molecule has 1 unspecified atom stereocenters. The van der Waals surface area contributed by atoms with Crippen molar-refractivity contribution in [1.82, 2.24) is 10.2 Å². The average molecular weight is 256 g/mol. The molecule has 0 saturated carbocycles. The summed E-state index contributed by atoms with van der Waals surface area (Å²) in [6.07, 6.45) is 2.37. The third kappa shape index (κ3) is 5.04. The van der Waals surface area contributed by atoms with Crippen LogP contribution in [0.4, 0.5) is 0 Å². The number of hydrogen-bond donors (Lipinski definition) is 1. The summed E-state index contributed by atoms with van der Waals surface area (Å²) in [7, 11) is 1.43. The summed E-state index contributed by atoms with van der Waals surface area (Å²) in [5.74, 6) is -0.0894. The van der Waals surface area contributed by atoms with Gasteiger partial charge in [-0.05, 0) is 33.2 Å². The lowest BCUT2D eigenvalue weighted by molar-refractivity contribution is -0.147. The number of rotatable bonds is 5. The lowest BCUT2D eigenvalue weighted by Crippen LogP contribution is -2.41. The molecular weight excluding hydrogens is 232 g/mol. The first-order valence-corrected chi connectivity index (χ1v) is 6.62. The largest absolute Gasteiger partial charge is 0.469 e. The van der Waals surface area contributed by atoms with E-state index >= 15 is 0 Å². The molecule has 1 N–H and O–H groups in total. The van der Waals surface area contributed by atoms with Crippen LogP contribution in [0.15, 0.2) is 0 Å². The van der Waals surface area contributed by atoms with Crippen LogP contribution in [0.3, 0.4) is 0 Å². The normalized spacial score (nSPS) is 20.8. The number of methoxy groups -OCH3 is 1. The number of nitrogens with zero attached hydrogens (tertiary/aromatic N) is 1. The summed E-state index contributed by atoms with van der Waals surface area (Å²) in [6, 6.07) is 0.182. The molecule has 0 aromatic rings. The van der Waals surface area contributed by atoms with Gasteiger partial charge in [-0.25, -0.2) is 0 Å². The Bertz CT molecular complexity index is 292. The molecule has 1 amide bonds. The number of amides is 1. The molecule has 5 nitrogen and oxygen atoms in total. The quantitative estimate of drug-likeness (QED) is 0.739. The highest BCUT2D eigenvalue weighted by molar-refractivity contribution is 5.76. The molecule has 0 aromatic carbocycles. The maximum atomic E-state index is 11.5. The second-order valence-corrected chi connectivity index (χ2v) is 5.14. The molecule has 104 valence electrons. The average Bonchev–Trinajstić information content (AvgIpc) is 2.35. The van der Waals surface area contributed by atoms with E-state index in [1.165, 1.54) is 7.11 Å². The lowest BCUT2D eigenvalue weighted by atomic mass is 9.98. The van der Waals surface area contributed by atoms with Crippen molar-refractivity contribution < 1.29 is 14.3 Å². The number of hydrogen-bond acceptors (Lipinski definition) is 4. The van der Waals surface area contributed by atoms with Crippen LogP contribution in [-0.2, 0) is 14.3 Å². The topological polar surface area (TPSA) is 58.6 Å². The molecule has 0 radical (unpaired) electrons. The van der Waals surface area contributed by atoms with Gasteiger partial charge >= 0.3 is 5.97 Å². The summed E-state index contributed by atoms with van der Waals surface area (Å²) in [5, 5.41) is 2.87. The number of carbonyl (C=O) groups is 2. The zero-order valence-electron chi connectivity index (χ0n) is 11.6. The maximum absolute atomic E-state index is 11.5. The molecule has 0 aromatic heterocycles. The molecule has 0 bridgehead atoms. The first-order chi connectivity index (χ1) is 8.52. The Balaban J connectivity index is 2.30. The molecule has 1 heterocycles. The predicted molar refractivity (Wildman–Crippen MR) is 69.1 cm³/mol. The molecule has 1 saturated heterocycles. The summed E-state index contributed by atoms with van der Waals surface area (Å²) >= 11 is 0. The SMILES string of the molecule is COC(=O)C1CCCN(CCC(=O)NC(C)C)C1. The van der Waals surface area contributed by atoms with E-state index in [4.69, 9.17) is 4.74 Å². The van der Waals surface area contributed by atoms with Crippen LogP contribution in [0.25, 0.3) is 0 Å². The molecule has 0 spiro atoms. The zero-order chi connectivity index (χ0) is 13.5. The Morgan fingerprint density at radius 3 is 2.78 bits per heavy atom. The zero-order valence-corrected chi connectivity index (χ0v) is 11.6. The Labute approximate surface area is 109 Å². The van der Waals surface area contributed by atoms with Gasteiger partial charge in [0, 0.05) is 25.6 Å². The number of esters is 1. The van der Waals surface area contributed by atoms with Crippen molar-refractivity contribution in [2.24, 2.45) is 5.92 Å². The van der Waals surface area contributed by atoms with Gasteiger partial charge in [-0.1, -0.05) is 0 Å². The van der Waals surface area contributed by atoms with Gasteiger partial charge in [0.05, 0.1) is 13.0 Å². The third-order valence-corrected chi connectivity index (χ3v) is 3.14. The lowest BCUT2D eigenvalue weighted by Gasteiger charge is -2.31. The molecule has 1 aliphatic rings. The first kappa shape index (κ1) is 15.0. The van der Waals surface area contributed by atoms with Crippen molar-refractivity contribution in [3.8, 4) is 0 Å². The third-order valence-electron chi connectivity index (χ3n) is 3.14. The van der Waals surface area contributed by atoms with Crippen LogP contribution in [0.5, 0.6) is 0 Å². The maximum Gasteiger partial charge on any atom is 0.309 e. The fourth-order valence-corrected chi connectivity index (χ4v) is 2.27. The number of likely N-dealkylation sites (tertiary alicyclic amines) is 1. The molecule has 1 rings (SSSR count). The fourth-order valence-electron chi connectivity index (χ4n) is 2.27. The molecule has 5 heteroatoms. The number of ether oxygens (including phenoxy) is 1. The van der Waals surface area contributed by atoms with E-state index in [1.807, 2.05) is 13.8 Å². The van der Waals surface area contributed by atoms with Crippen molar-refractivity contribution in [2.45, 2.75) is 39.2 Å². The van der Waals surface area contributed by atoms with Crippen molar-refractivity contribution in [2.75, 3.05) is 26.7 Å². The smallest absolute Gasteiger partial charge is 0.309 e. The van der Waals surface area contributed by atoms with Crippen molar-refractivity contribution in [1.29, 1.82) is 0 Å². The monoisotopic (exact) mass is 256 g/mol. The van der Waals surface area contributed by atoms with Gasteiger partial charge in [0.25, 0.3) is 0 Å². The molecule has 1 atom stereocenters. The standard InChI is InChI=1S/C13H24N2O3/c1-10(2)14-12(16)6-8-15-7-4-5-11(9-15)13(17)18-3/h10-11H,4-9H2,1-3H3,(H,14,16). The van der Waals surface area contributed by atoms with E-state index in [0.717, 1.165) is 19.4 Å². The van der Waals surface area contributed by atoms with Crippen molar-refractivity contribution in [3.63, 3.8) is 0 Å². The van der Waals surface area contributed by atoms with Gasteiger partial charge in [0.2, 0.25) is 5.91 Å². The Hall–Kier alpha value is -1.10. The summed E-state index contributed by atoms with van der Waals surface area (Å²) in [6.45, 7) is 6.29. The highest BCUT2D eigenvalue weighted by Crippen LogP contribution is 2.17. The Kier molecular flexibility index (Phi) is 6.12. The molecule has 1 aliphatic heterocycles. The van der Waals surface area contributed by atoms with Gasteiger partial charge in [-0.3, -0.25) is 9.59 Å². The van der Waals surface area contributed by atoms with E-state index in [2.05, 4.69) is 10.2 Å². The van der Waals surface area contributed by atoms with Gasteiger partial charge in [0.1, 0.15) is 0 Å². The van der Waals surface area contributed by atoms with Gasteiger partial charge in [0.15, 0.2) is 0 Å². The van der Waals surface area contributed by atoms with Crippen LogP contribution in [0.2, 0.25) is 0 Å². The van der Waals surface area contributed by atoms with E-state index in [9.17, 15) is 9.59 Å². The van der Waals surface area contributed by atoms with Crippen LogP contribution in [0.1, 0.15) is 33.1 Å². The summed E-state index contributed by atoms with van der Waals surface area (Å²) in [4.78, 5) is 25.2. The number of nitrogens with one attached hydrogen (secondary N) is 1. The Morgan fingerprint density at radius 1 is 1.44 bits per heavy atom. The van der Waals surface area contributed by atoms with E-state index in [-0.39, 0.29) is 23.8 Å². The second kappa shape index (κ2) is 7.36. The molecule has 1 fully saturated rings. The van der Waals surface area contributed by atoms with E-state index in [1.54, 1.807) is 0 Å². The highest BCUT2D eigenvalue weighted by atomic mass is 16.5. The summed E-state index contributed by atoms with van der Waals surface area (Å²) in [5.41, 5.74) is 0. The van der Waals surface area contributed by atoms with Gasteiger partial charge < -0.3 is 15.0 Å². The van der Waals surface area contributed by atoms with Crippen molar-refractivity contribution >= 4 is 11.9 Å².